The van der Waals surface area contributed by atoms with Gasteiger partial charge in [-0.25, -0.2) is 0 Å². The van der Waals surface area contributed by atoms with E-state index in [1.54, 1.807) is 17.0 Å². The summed E-state index contributed by atoms with van der Waals surface area (Å²) >= 11 is 17.4. The molecule has 1 atom stereocenters. The molecular formula is C31H33BrCl2N2O2S. The van der Waals surface area contributed by atoms with Crippen molar-refractivity contribution < 1.29 is 9.59 Å². The first-order chi connectivity index (χ1) is 18.9. The zero-order valence-corrected chi connectivity index (χ0v) is 25.7. The normalized spacial score (nSPS) is 14.5. The first-order valence-corrected chi connectivity index (χ1v) is 16.0. The number of thioether (sulfide) groups is 1. The van der Waals surface area contributed by atoms with Gasteiger partial charge < -0.3 is 10.2 Å². The van der Waals surface area contributed by atoms with E-state index in [4.69, 9.17) is 23.2 Å². The van der Waals surface area contributed by atoms with E-state index in [0.717, 1.165) is 46.8 Å². The highest BCUT2D eigenvalue weighted by Crippen LogP contribution is 2.26. The summed E-state index contributed by atoms with van der Waals surface area (Å²) in [6.45, 7) is 0.343. The second kappa shape index (κ2) is 15.1. The molecule has 0 unspecified atom stereocenters. The zero-order chi connectivity index (χ0) is 27.6. The highest BCUT2D eigenvalue weighted by molar-refractivity contribution is 9.10. The van der Waals surface area contributed by atoms with Crippen LogP contribution in [0.25, 0.3) is 0 Å². The second-order valence-corrected chi connectivity index (χ2v) is 12.7. The van der Waals surface area contributed by atoms with Gasteiger partial charge >= 0.3 is 0 Å². The van der Waals surface area contributed by atoms with Gasteiger partial charge in [0.25, 0.3) is 0 Å². The number of hydrogen-bond acceptors (Lipinski definition) is 3. The maximum atomic E-state index is 13.8. The number of carbonyl (C=O) groups is 2. The van der Waals surface area contributed by atoms with Gasteiger partial charge in [0.2, 0.25) is 11.8 Å². The molecule has 0 aromatic heterocycles. The number of halogens is 3. The minimum atomic E-state index is -0.625. The smallest absolute Gasteiger partial charge is 0.243 e. The summed E-state index contributed by atoms with van der Waals surface area (Å²) in [5, 5.41) is 4.45. The third kappa shape index (κ3) is 9.28. The highest BCUT2D eigenvalue weighted by atomic mass is 79.9. The molecule has 8 heteroatoms. The molecule has 4 nitrogen and oxygen atoms in total. The van der Waals surface area contributed by atoms with Crippen molar-refractivity contribution in [2.45, 2.75) is 62.9 Å². The molecule has 1 aliphatic carbocycles. The molecule has 0 spiro atoms. The van der Waals surface area contributed by atoms with Gasteiger partial charge in [-0.2, -0.15) is 0 Å². The van der Waals surface area contributed by atoms with Crippen LogP contribution >= 0.6 is 50.9 Å². The zero-order valence-electron chi connectivity index (χ0n) is 21.8. The molecule has 0 saturated heterocycles. The summed E-state index contributed by atoms with van der Waals surface area (Å²) in [5.74, 6) is 0.642. The van der Waals surface area contributed by atoms with E-state index >= 15 is 0 Å². The van der Waals surface area contributed by atoms with Crippen molar-refractivity contribution in [1.82, 2.24) is 10.2 Å². The molecule has 0 heterocycles. The van der Waals surface area contributed by atoms with Crippen molar-refractivity contribution in [3.63, 3.8) is 0 Å². The van der Waals surface area contributed by atoms with Crippen LogP contribution in [0.1, 0.15) is 48.8 Å². The topological polar surface area (TPSA) is 49.4 Å². The molecule has 0 radical (unpaired) electrons. The monoisotopic (exact) mass is 646 g/mol. The van der Waals surface area contributed by atoms with Crippen molar-refractivity contribution in [2.24, 2.45) is 0 Å². The number of nitrogens with zero attached hydrogens (tertiary/aromatic N) is 1. The molecule has 4 rings (SSSR count). The maximum absolute atomic E-state index is 13.8. The van der Waals surface area contributed by atoms with E-state index in [1.165, 1.54) is 18.2 Å². The molecule has 1 fully saturated rings. The second-order valence-electron chi connectivity index (χ2n) is 9.93. The Labute approximate surface area is 254 Å². The lowest BCUT2D eigenvalue weighted by Crippen LogP contribution is -2.53. The molecule has 1 saturated carbocycles. The summed E-state index contributed by atoms with van der Waals surface area (Å²) in [5.41, 5.74) is 2.91. The lowest BCUT2D eigenvalue weighted by atomic mass is 9.94. The third-order valence-electron chi connectivity index (χ3n) is 6.96. The molecule has 39 heavy (non-hydrogen) atoms. The van der Waals surface area contributed by atoms with Gasteiger partial charge in [0.15, 0.2) is 0 Å². The fourth-order valence-electron chi connectivity index (χ4n) is 4.90. The maximum Gasteiger partial charge on any atom is 0.243 e. The molecule has 1 N–H and O–H groups in total. The lowest BCUT2D eigenvalue weighted by Gasteiger charge is -2.33. The Morgan fingerprint density at radius 3 is 2.41 bits per heavy atom. The third-order valence-corrected chi connectivity index (χ3v) is 9.01. The van der Waals surface area contributed by atoms with Gasteiger partial charge in [0.05, 0.1) is 5.75 Å². The van der Waals surface area contributed by atoms with Crippen LogP contribution in [0.15, 0.2) is 77.3 Å². The predicted molar refractivity (Wildman–Crippen MR) is 166 cm³/mol. The summed E-state index contributed by atoms with van der Waals surface area (Å²) in [7, 11) is 0. The van der Waals surface area contributed by atoms with Gasteiger partial charge in [0.1, 0.15) is 6.04 Å². The summed E-state index contributed by atoms with van der Waals surface area (Å²) in [4.78, 5) is 29.4. The Morgan fingerprint density at radius 2 is 1.69 bits per heavy atom. The predicted octanol–water partition coefficient (Wildman–Crippen LogP) is 8.08. The molecule has 0 aliphatic heterocycles. The van der Waals surface area contributed by atoms with Crippen molar-refractivity contribution in [1.29, 1.82) is 0 Å². The van der Waals surface area contributed by atoms with Crippen molar-refractivity contribution >= 4 is 62.7 Å². The minimum Gasteiger partial charge on any atom is -0.352 e. The Balaban J connectivity index is 1.57. The van der Waals surface area contributed by atoms with Crippen LogP contribution in [0, 0.1) is 0 Å². The van der Waals surface area contributed by atoms with Crippen molar-refractivity contribution in [3.8, 4) is 0 Å². The fourth-order valence-corrected chi connectivity index (χ4v) is 6.82. The average molecular weight is 648 g/mol. The Morgan fingerprint density at radius 1 is 0.949 bits per heavy atom. The molecule has 0 bridgehead atoms. The number of benzene rings is 3. The number of amides is 2. The van der Waals surface area contributed by atoms with E-state index in [2.05, 4.69) is 21.2 Å². The van der Waals surface area contributed by atoms with E-state index in [1.807, 2.05) is 60.7 Å². The van der Waals surface area contributed by atoms with Gasteiger partial charge in [-0.3, -0.25) is 9.59 Å². The van der Waals surface area contributed by atoms with E-state index in [-0.39, 0.29) is 23.6 Å². The van der Waals surface area contributed by atoms with Crippen molar-refractivity contribution in [3.05, 3.63) is 104 Å². The first kappa shape index (κ1) is 30.0. The van der Waals surface area contributed by atoms with E-state index < -0.39 is 6.04 Å². The van der Waals surface area contributed by atoms with E-state index in [9.17, 15) is 9.59 Å². The van der Waals surface area contributed by atoms with E-state index in [0.29, 0.717) is 28.8 Å². The number of carbonyl (C=O) groups excluding carboxylic acids is 2. The lowest BCUT2D eigenvalue weighted by molar-refractivity contribution is -0.139. The molecular weight excluding hydrogens is 615 g/mol. The number of rotatable bonds is 11. The summed E-state index contributed by atoms with van der Waals surface area (Å²) < 4.78 is 0.936. The molecule has 3 aromatic rings. The highest BCUT2D eigenvalue weighted by Gasteiger charge is 2.32. The molecule has 3 aromatic carbocycles. The molecule has 1 aliphatic rings. The molecule has 2 amide bonds. The largest absolute Gasteiger partial charge is 0.352 e. The Bertz CT molecular complexity index is 1250. The van der Waals surface area contributed by atoms with Crippen LogP contribution in [0.3, 0.4) is 0 Å². The van der Waals surface area contributed by atoms with Crippen LogP contribution in [-0.2, 0) is 28.3 Å². The number of hydrogen-bond donors (Lipinski definition) is 1. The standard InChI is InChI=1S/C31H33BrCl2N2O2S/c32-25-11-7-10-23(16-25)19-36(30(37)21-39-20-24-14-15-26(33)18-28(24)34)29(17-22-8-3-1-4-9-22)31(38)35-27-12-5-2-6-13-27/h1,3-4,7-11,14-16,18,27,29H,2,5-6,12-13,17,19-21H2,(H,35,38)/t29-/m0/s1. The first-order valence-electron chi connectivity index (χ1n) is 13.3. The van der Waals surface area contributed by atoms with Crippen LogP contribution in [0.2, 0.25) is 10.0 Å². The quantitative estimate of drug-likeness (QED) is 0.229. The minimum absolute atomic E-state index is 0.0789. The Hall–Kier alpha value is -1.99. The average Bonchev–Trinajstić information content (AvgIpc) is 2.93. The van der Waals surface area contributed by atoms with Gasteiger partial charge in [-0.05, 0) is 53.8 Å². The fraction of sp³-hybridized carbons (Fsp3) is 0.355. The van der Waals surface area contributed by atoms with Crippen LogP contribution in [0.4, 0.5) is 0 Å². The number of nitrogens with one attached hydrogen (secondary N) is 1. The van der Waals surface area contributed by atoms with Crippen LogP contribution in [-0.4, -0.2) is 34.6 Å². The van der Waals surface area contributed by atoms with Crippen LogP contribution < -0.4 is 5.32 Å². The summed E-state index contributed by atoms with van der Waals surface area (Å²) in [6, 6.07) is 22.8. The molecule has 206 valence electrons. The van der Waals surface area contributed by atoms with Gasteiger partial charge in [0, 0.05) is 39.3 Å². The Kier molecular flexibility index (Phi) is 11.6. The van der Waals surface area contributed by atoms with Gasteiger partial charge in [-0.1, -0.05) is 107 Å². The SMILES string of the molecule is O=C(NC1CCCCC1)[C@H](Cc1ccccc1)N(Cc1cccc(Br)c1)C(=O)CSCc1ccc(Cl)cc1Cl. The van der Waals surface area contributed by atoms with Crippen molar-refractivity contribution in [2.75, 3.05) is 5.75 Å². The van der Waals surface area contributed by atoms with Crippen LogP contribution in [0.5, 0.6) is 0 Å². The van der Waals surface area contributed by atoms with Gasteiger partial charge in [-0.15, -0.1) is 11.8 Å². The summed E-state index contributed by atoms with van der Waals surface area (Å²) in [6.07, 6.45) is 5.88.